The summed E-state index contributed by atoms with van der Waals surface area (Å²) in [5.41, 5.74) is 0.368. The summed E-state index contributed by atoms with van der Waals surface area (Å²) in [6.45, 7) is 1.42. The van der Waals surface area contributed by atoms with Gasteiger partial charge in [-0.2, -0.15) is 0 Å². The van der Waals surface area contributed by atoms with Crippen molar-refractivity contribution in [1.82, 2.24) is 14.8 Å². The molecule has 0 N–H and O–H groups in total. The van der Waals surface area contributed by atoms with E-state index in [1.54, 1.807) is 18.2 Å². The second-order valence-corrected chi connectivity index (χ2v) is 8.56. The number of likely N-dealkylation sites (tertiary alicyclic amines) is 2. The van der Waals surface area contributed by atoms with Gasteiger partial charge in [-0.05, 0) is 30.5 Å². The lowest BCUT2D eigenvalue weighted by Gasteiger charge is -2.35. The molecule has 2 aliphatic rings. The Bertz CT molecular complexity index is 966. The van der Waals surface area contributed by atoms with Crippen molar-refractivity contribution in [2.24, 2.45) is 0 Å². The number of piperidine rings is 1. The molecule has 4 rings (SSSR count). The molecule has 7 heteroatoms. The van der Waals surface area contributed by atoms with Crippen LogP contribution in [0.5, 0.6) is 0 Å². The SMILES string of the molecule is CO[C@H]1CCCN(C(=O)C[C@]2(c3ccccc3)CC(=O)N(CCc3ccccn3)C2=O)C1. The summed E-state index contributed by atoms with van der Waals surface area (Å²) in [7, 11) is 1.66. The lowest BCUT2D eigenvalue weighted by Crippen LogP contribution is -2.47. The summed E-state index contributed by atoms with van der Waals surface area (Å²) in [6.07, 6.45) is 3.97. The Morgan fingerprint density at radius 1 is 1.16 bits per heavy atom. The van der Waals surface area contributed by atoms with Gasteiger partial charge in [-0.1, -0.05) is 36.4 Å². The van der Waals surface area contributed by atoms with E-state index in [-0.39, 0.29) is 43.2 Å². The molecule has 2 aliphatic heterocycles. The van der Waals surface area contributed by atoms with E-state index in [4.69, 9.17) is 4.74 Å². The van der Waals surface area contributed by atoms with Gasteiger partial charge >= 0.3 is 0 Å². The Balaban J connectivity index is 1.57. The molecule has 0 spiro atoms. The third-order valence-electron chi connectivity index (χ3n) is 6.57. The van der Waals surface area contributed by atoms with Gasteiger partial charge in [0.2, 0.25) is 17.7 Å². The first-order valence-corrected chi connectivity index (χ1v) is 11.1. The molecule has 168 valence electrons. The zero-order chi connectivity index (χ0) is 22.6. The molecule has 1 aromatic heterocycles. The summed E-state index contributed by atoms with van der Waals surface area (Å²) < 4.78 is 5.45. The molecule has 0 unspecified atom stereocenters. The molecule has 2 fully saturated rings. The Morgan fingerprint density at radius 2 is 1.94 bits per heavy atom. The predicted molar refractivity (Wildman–Crippen MR) is 119 cm³/mol. The van der Waals surface area contributed by atoms with Crippen molar-refractivity contribution in [3.05, 3.63) is 66.0 Å². The number of rotatable bonds is 7. The molecule has 1 aromatic carbocycles. The topological polar surface area (TPSA) is 79.8 Å². The van der Waals surface area contributed by atoms with Crippen molar-refractivity contribution in [3.63, 3.8) is 0 Å². The molecule has 2 atom stereocenters. The first kappa shape index (κ1) is 22.1. The van der Waals surface area contributed by atoms with Gasteiger partial charge in [-0.3, -0.25) is 24.3 Å². The fourth-order valence-electron chi connectivity index (χ4n) is 4.75. The Morgan fingerprint density at radius 3 is 2.66 bits per heavy atom. The Kier molecular flexibility index (Phi) is 6.65. The fraction of sp³-hybridized carbons (Fsp3) is 0.440. The lowest BCUT2D eigenvalue weighted by molar-refractivity contribution is -0.143. The zero-order valence-corrected chi connectivity index (χ0v) is 18.4. The van der Waals surface area contributed by atoms with E-state index in [0.29, 0.717) is 25.1 Å². The summed E-state index contributed by atoms with van der Waals surface area (Å²) in [5, 5.41) is 0. The minimum Gasteiger partial charge on any atom is -0.380 e. The zero-order valence-electron chi connectivity index (χ0n) is 18.4. The first-order valence-electron chi connectivity index (χ1n) is 11.1. The number of aromatic nitrogens is 1. The molecule has 0 bridgehead atoms. The number of imide groups is 1. The van der Waals surface area contributed by atoms with E-state index in [0.717, 1.165) is 18.5 Å². The van der Waals surface area contributed by atoms with Gasteiger partial charge in [-0.25, -0.2) is 0 Å². The summed E-state index contributed by atoms with van der Waals surface area (Å²) in [6, 6.07) is 14.8. The van der Waals surface area contributed by atoms with E-state index >= 15 is 0 Å². The maximum absolute atomic E-state index is 13.7. The van der Waals surface area contributed by atoms with Gasteiger partial charge in [0.25, 0.3) is 0 Å². The molecule has 2 aromatic rings. The minimum atomic E-state index is -1.17. The van der Waals surface area contributed by atoms with Gasteiger partial charge in [0, 0.05) is 57.9 Å². The maximum Gasteiger partial charge on any atom is 0.240 e. The van der Waals surface area contributed by atoms with Crippen molar-refractivity contribution in [2.75, 3.05) is 26.7 Å². The number of pyridine rings is 1. The van der Waals surface area contributed by atoms with Gasteiger partial charge in [0.15, 0.2) is 0 Å². The number of carbonyl (C=O) groups excluding carboxylic acids is 3. The summed E-state index contributed by atoms with van der Waals surface area (Å²) in [5.74, 6) is -0.641. The molecular formula is C25H29N3O4. The van der Waals surface area contributed by atoms with Crippen LogP contribution >= 0.6 is 0 Å². The maximum atomic E-state index is 13.7. The second kappa shape index (κ2) is 9.61. The third-order valence-corrected chi connectivity index (χ3v) is 6.57. The molecule has 0 radical (unpaired) electrons. The standard InChI is InChI=1S/C25H29N3O4/c1-32-21-11-7-14-27(18-21)22(29)16-25(19-8-3-2-4-9-19)17-23(30)28(24(25)31)15-12-20-10-5-6-13-26-20/h2-6,8-10,13,21H,7,11-12,14-18H2,1H3/t21-,25+/m0/s1. The number of hydrogen-bond acceptors (Lipinski definition) is 5. The normalized spacial score (nSPS) is 23.6. The highest BCUT2D eigenvalue weighted by Gasteiger charge is 2.54. The molecule has 32 heavy (non-hydrogen) atoms. The van der Waals surface area contributed by atoms with Crippen LogP contribution in [0.25, 0.3) is 0 Å². The molecule has 3 heterocycles. The monoisotopic (exact) mass is 435 g/mol. The van der Waals surface area contributed by atoms with Gasteiger partial charge < -0.3 is 9.64 Å². The Hall–Kier alpha value is -3.06. The van der Waals surface area contributed by atoms with E-state index in [1.807, 2.05) is 48.5 Å². The molecule has 0 aliphatic carbocycles. The van der Waals surface area contributed by atoms with Gasteiger partial charge in [-0.15, -0.1) is 0 Å². The van der Waals surface area contributed by atoms with Crippen LogP contribution in [0.3, 0.4) is 0 Å². The van der Waals surface area contributed by atoms with Crippen molar-refractivity contribution in [2.45, 2.75) is 43.6 Å². The smallest absolute Gasteiger partial charge is 0.240 e. The average Bonchev–Trinajstić information content (AvgIpc) is 3.08. The van der Waals surface area contributed by atoms with Crippen LogP contribution in [0.4, 0.5) is 0 Å². The van der Waals surface area contributed by atoms with E-state index in [2.05, 4.69) is 4.98 Å². The molecule has 3 amide bonds. The number of carbonyl (C=O) groups is 3. The molecule has 7 nitrogen and oxygen atoms in total. The highest BCUT2D eigenvalue weighted by molar-refractivity contribution is 6.10. The quantitative estimate of drug-likeness (QED) is 0.624. The van der Waals surface area contributed by atoms with Crippen LogP contribution in [0.2, 0.25) is 0 Å². The number of benzene rings is 1. The summed E-state index contributed by atoms with van der Waals surface area (Å²) >= 11 is 0. The highest BCUT2D eigenvalue weighted by atomic mass is 16.5. The van der Waals surface area contributed by atoms with Crippen LogP contribution in [0.1, 0.15) is 36.9 Å². The van der Waals surface area contributed by atoms with E-state index in [1.165, 1.54) is 4.90 Å². The predicted octanol–water partition coefficient (Wildman–Crippen LogP) is 2.35. The van der Waals surface area contributed by atoms with Crippen molar-refractivity contribution < 1.29 is 19.1 Å². The fourth-order valence-corrected chi connectivity index (χ4v) is 4.75. The van der Waals surface area contributed by atoms with Crippen molar-refractivity contribution >= 4 is 17.7 Å². The largest absolute Gasteiger partial charge is 0.380 e. The van der Waals surface area contributed by atoms with Crippen LogP contribution in [-0.2, 0) is 31.0 Å². The van der Waals surface area contributed by atoms with E-state index < -0.39 is 5.41 Å². The number of amides is 3. The van der Waals surface area contributed by atoms with Crippen molar-refractivity contribution in [3.8, 4) is 0 Å². The minimum absolute atomic E-state index is 0.00531. The van der Waals surface area contributed by atoms with Crippen LogP contribution in [0, 0.1) is 0 Å². The average molecular weight is 436 g/mol. The van der Waals surface area contributed by atoms with Crippen LogP contribution < -0.4 is 0 Å². The number of ether oxygens (including phenoxy) is 1. The third kappa shape index (κ3) is 4.43. The Labute approximate surface area is 188 Å². The number of hydrogen-bond donors (Lipinski definition) is 0. The van der Waals surface area contributed by atoms with Crippen molar-refractivity contribution in [1.29, 1.82) is 0 Å². The molecule has 0 saturated carbocycles. The van der Waals surface area contributed by atoms with Gasteiger partial charge in [0.1, 0.15) is 0 Å². The second-order valence-electron chi connectivity index (χ2n) is 8.56. The van der Waals surface area contributed by atoms with Crippen LogP contribution in [-0.4, -0.2) is 65.4 Å². The lowest BCUT2D eigenvalue weighted by atomic mass is 9.75. The van der Waals surface area contributed by atoms with Gasteiger partial charge in [0.05, 0.1) is 11.5 Å². The van der Waals surface area contributed by atoms with E-state index in [9.17, 15) is 14.4 Å². The van der Waals surface area contributed by atoms with Crippen LogP contribution in [0.15, 0.2) is 54.7 Å². The number of methoxy groups -OCH3 is 1. The highest BCUT2D eigenvalue weighted by Crippen LogP contribution is 2.40. The first-order chi connectivity index (χ1) is 15.5. The molecule has 2 saturated heterocycles. The molecular weight excluding hydrogens is 406 g/mol. The number of nitrogens with zero attached hydrogens (tertiary/aromatic N) is 3. The summed E-state index contributed by atoms with van der Waals surface area (Å²) in [4.78, 5) is 47.4.